The van der Waals surface area contributed by atoms with E-state index in [0.29, 0.717) is 23.6 Å². The van der Waals surface area contributed by atoms with Crippen LogP contribution < -0.4 is 10.7 Å². The van der Waals surface area contributed by atoms with Crippen molar-refractivity contribution in [3.05, 3.63) is 70.7 Å². The van der Waals surface area contributed by atoms with Crippen LogP contribution in [-0.4, -0.2) is 34.1 Å². The molecule has 2 aromatic rings. The van der Waals surface area contributed by atoms with Gasteiger partial charge in [-0.3, -0.25) is 15.0 Å². The Kier molecular flexibility index (Phi) is 6.82. The van der Waals surface area contributed by atoms with Crippen molar-refractivity contribution in [2.24, 2.45) is 0 Å². The lowest BCUT2D eigenvalue weighted by molar-refractivity contribution is -0.138. The van der Waals surface area contributed by atoms with Gasteiger partial charge < -0.3 is 5.32 Å². The molecule has 2 aromatic carbocycles. The summed E-state index contributed by atoms with van der Waals surface area (Å²) in [6, 6.07) is 16.5. The molecule has 0 radical (unpaired) electrons. The van der Waals surface area contributed by atoms with Gasteiger partial charge in [-0.05, 0) is 43.0 Å². The maximum Gasteiger partial charge on any atom is 0.344 e. The van der Waals surface area contributed by atoms with E-state index in [1.54, 1.807) is 19.1 Å². The smallest absolute Gasteiger partial charge is 0.322 e. The third-order valence-corrected chi connectivity index (χ3v) is 5.92. The van der Waals surface area contributed by atoms with Crippen molar-refractivity contribution >= 4 is 41.2 Å². The molecular weight excluding hydrogens is 410 g/mol. The lowest BCUT2D eigenvalue weighted by Crippen LogP contribution is -2.49. The normalized spacial score (nSPS) is 18.6. The summed E-state index contributed by atoms with van der Waals surface area (Å²) < 4.78 is 0. The number of halogens is 1. The van der Waals surface area contributed by atoms with Crippen LogP contribution in [0.2, 0.25) is 5.02 Å². The molecule has 1 saturated heterocycles. The Hall–Kier alpha value is -2.51. The van der Waals surface area contributed by atoms with Gasteiger partial charge in [0.15, 0.2) is 0 Å². The monoisotopic (exact) mass is 431 g/mol. The fourth-order valence-corrected chi connectivity index (χ4v) is 3.90. The molecule has 1 unspecified atom stereocenters. The van der Waals surface area contributed by atoms with Gasteiger partial charge in [0.2, 0.25) is 5.91 Å². The van der Waals surface area contributed by atoms with Crippen LogP contribution in [0.4, 0.5) is 4.79 Å². The van der Waals surface area contributed by atoms with Gasteiger partial charge in [0, 0.05) is 10.8 Å². The molecule has 8 heteroatoms. The Bertz CT molecular complexity index is 892. The highest BCUT2D eigenvalue weighted by molar-refractivity contribution is 7.99. The zero-order chi connectivity index (χ0) is 20.9. The molecule has 1 aliphatic heterocycles. The SMILES string of the molecule is CC1(CCc2ccccc2)NC(=O)N(NC(=O)CSCc2ccc(Cl)cc2)C1=O. The summed E-state index contributed by atoms with van der Waals surface area (Å²) in [6.07, 6.45) is 1.08. The number of hydrogen-bond donors (Lipinski definition) is 2. The molecule has 2 N–H and O–H groups in total. The van der Waals surface area contributed by atoms with Crippen molar-refractivity contribution in [3.63, 3.8) is 0 Å². The number of urea groups is 1. The van der Waals surface area contributed by atoms with Crippen LogP contribution in [0.25, 0.3) is 0 Å². The first-order valence-electron chi connectivity index (χ1n) is 9.20. The zero-order valence-electron chi connectivity index (χ0n) is 16.0. The van der Waals surface area contributed by atoms with Crippen molar-refractivity contribution in [3.8, 4) is 0 Å². The van der Waals surface area contributed by atoms with Crippen molar-refractivity contribution < 1.29 is 14.4 Å². The highest BCUT2D eigenvalue weighted by Crippen LogP contribution is 2.22. The Morgan fingerprint density at radius 1 is 1.10 bits per heavy atom. The first-order valence-corrected chi connectivity index (χ1v) is 10.7. The maximum absolute atomic E-state index is 12.7. The van der Waals surface area contributed by atoms with Gasteiger partial charge in [-0.2, -0.15) is 5.01 Å². The minimum Gasteiger partial charge on any atom is -0.322 e. The summed E-state index contributed by atoms with van der Waals surface area (Å²) in [5.74, 6) is -0.103. The molecule has 4 amide bonds. The fourth-order valence-electron chi connectivity index (χ4n) is 2.99. The average Bonchev–Trinajstić information content (AvgIpc) is 2.92. The number of nitrogens with one attached hydrogen (secondary N) is 2. The Labute approximate surface area is 179 Å². The van der Waals surface area contributed by atoms with Crippen molar-refractivity contribution in [1.29, 1.82) is 0 Å². The van der Waals surface area contributed by atoms with E-state index in [9.17, 15) is 14.4 Å². The molecule has 1 fully saturated rings. The van der Waals surface area contributed by atoms with E-state index in [2.05, 4.69) is 10.7 Å². The number of hydrazine groups is 1. The summed E-state index contributed by atoms with van der Waals surface area (Å²) in [6.45, 7) is 1.68. The minimum atomic E-state index is -1.04. The molecule has 0 saturated carbocycles. The molecule has 0 aliphatic carbocycles. The predicted octanol–water partition coefficient (Wildman–Crippen LogP) is 3.55. The minimum absolute atomic E-state index is 0.125. The van der Waals surface area contributed by atoms with Crippen LogP contribution in [0.3, 0.4) is 0 Å². The molecule has 0 aromatic heterocycles. The predicted molar refractivity (Wildman–Crippen MR) is 114 cm³/mol. The van der Waals surface area contributed by atoms with E-state index in [0.717, 1.165) is 16.1 Å². The number of thioether (sulfide) groups is 1. The molecule has 0 bridgehead atoms. The van der Waals surface area contributed by atoms with E-state index in [1.165, 1.54) is 11.8 Å². The quantitative estimate of drug-likeness (QED) is 0.626. The van der Waals surface area contributed by atoms with Crippen LogP contribution in [-0.2, 0) is 21.8 Å². The van der Waals surface area contributed by atoms with Crippen LogP contribution in [0.15, 0.2) is 54.6 Å². The van der Waals surface area contributed by atoms with Crippen molar-refractivity contribution in [1.82, 2.24) is 15.8 Å². The average molecular weight is 432 g/mol. The first-order chi connectivity index (χ1) is 13.9. The van der Waals surface area contributed by atoms with Crippen LogP contribution in [0.5, 0.6) is 0 Å². The summed E-state index contributed by atoms with van der Waals surface area (Å²) in [7, 11) is 0. The van der Waals surface area contributed by atoms with Crippen LogP contribution in [0.1, 0.15) is 24.5 Å². The molecule has 1 heterocycles. The Morgan fingerprint density at radius 3 is 2.48 bits per heavy atom. The van der Waals surface area contributed by atoms with E-state index in [-0.39, 0.29) is 5.75 Å². The molecule has 3 rings (SSSR count). The van der Waals surface area contributed by atoms with E-state index in [4.69, 9.17) is 11.6 Å². The van der Waals surface area contributed by atoms with E-state index in [1.807, 2.05) is 42.5 Å². The number of benzene rings is 2. The van der Waals surface area contributed by atoms with Gasteiger partial charge in [0.1, 0.15) is 5.54 Å². The van der Waals surface area contributed by atoms with Gasteiger partial charge in [0.25, 0.3) is 5.91 Å². The lowest BCUT2D eigenvalue weighted by atomic mass is 9.93. The second-order valence-electron chi connectivity index (χ2n) is 7.04. The third-order valence-electron chi connectivity index (χ3n) is 4.67. The molecule has 1 atom stereocenters. The van der Waals surface area contributed by atoms with E-state index >= 15 is 0 Å². The number of hydrogen-bond acceptors (Lipinski definition) is 4. The lowest BCUT2D eigenvalue weighted by Gasteiger charge is -2.21. The van der Waals surface area contributed by atoms with Gasteiger partial charge in [-0.15, -0.1) is 11.8 Å². The van der Waals surface area contributed by atoms with Crippen LogP contribution in [0, 0.1) is 0 Å². The highest BCUT2D eigenvalue weighted by Gasteiger charge is 2.48. The molecule has 1 aliphatic rings. The number of amides is 4. The first kappa shape index (κ1) is 21.2. The Morgan fingerprint density at radius 2 is 1.79 bits per heavy atom. The summed E-state index contributed by atoms with van der Waals surface area (Å²) in [5, 5.41) is 4.14. The number of rotatable bonds is 8. The number of imide groups is 1. The van der Waals surface area contributed by atoms with E-state index < -0.39 is 23.4 Å². The molecule has 29 heavy (non-hydrogen) atoms. The topological polar surface area (TPSA) is 78.5 Å². The van der Waals surface area contributed by atoms with Crippen LogP contribution >= 0.6 is 23.4 Å². The summed E-state index contributed by atoms with van der Waals surface area (Å²) >= 11 is 7.24. The van der Waals surface area contributed by atoms with Gasteiger partial charge in [0.05, 0.1) is 5.75 Å². The highest BCUT2D eigenvalue weighted by atomic mass is 35.5. The zero-order valence-corrected chi connectivity index (χ0v) is 17.6. The Balaban J connectivity index is 1.49. The van der Waals surface area contributed by atoms with Gasteiger partial charge in [-0.25, -0.2) is 4.79 Å². The molecule has 152 valence electrons. The fraction of sp³-hybridized carbons (Fsp3) is 0.286. The van der Waals surface area contributed by atoms with Crippen molar-refractivity contribution in [2.75, 3.05) is 5.75 Å². The van der Waals surface area contributed by atoms with Gasteiger partial charge >= 0.3 is 6.03 Å². The molecule has 0 spiro atoms. The third kappa shape index (κ3) is 5.52. The maximum atomic E-state index is 12.7. The number of aryl methyl sites for hydroxylation is 1. The summed E-state index contributed by atoms with van der Waals surface area (Å²) in [5.41, 5.74) is 3.49. The summed E-state index contributed by atoms with van der Waals surface area (Å²) in [4.78, 5) is 37.2. The standard InChI is InChI=1S/C21H22ClN3O3S/c1-21(12-11-15-5-3-2-4-6-15)19(27)25(20(28)23-21)24-18(26)14-29-13-16-7-9-17(22)10-8-16/h2-10H,11-14H2,1H3,(H,23,28)(H,24,26). The second-order valence-corrected chi connectivity index (χ2v) is 8.46. The van der Waals surface area contributed by atoms with Gasteiger partial charge in [-0.1, -0.05) is 54.1 Å². The number of carbonyl (C=O) groups excluding carboxylic acids is 3. The second kappa shape index (κ2) is 9.33. The largest absolute Gasteiger partial charge is 0.344 e. The number of nitrogens with zero attached hydrogens (tertiary/aromatic N) is 1. The van der Waals surface area contributed by atoms with Crippen molar-refractivity contribution in [2.45, 2.75) is 31.1 Å². The number of carbonyl (C=O) groups is 3. The molecule has 6 nitrogen and oxygen atoms in total. The molecular formula is C21H22ClN3O3S.